The molecule has 4 aromatic heterocycles. The first-order valence-corrected chi connectivity index (χ1v) is 9.31. The predicted molar refractivity (Wildman–Crippen MR) is 106 cm³/mol. The van der Waals surface area contributed by atoms with Crippen LogP contribution in [-0.4, -0.2) is 35.2 Å². The molecular weight excluding hydrogens is 338 g/mol. The Labute approximate surface area is 157 Å². The first-order chi connectivity index (χ1) is 12.9. The SMILES string of the molecule is Cc1nc2ccc(-c3ccn4nc(NC5CC(C)(C)C5)ncc34)nc2n1C. The van der Waals surface area contributed by atoms with Gasteiger partial charge in [0.25, 0.3) is 0 Å². The minimum absolute atomic E-state index is 0.427. The largest absolute Gasteiger partial charge is 0.350 e. The number of hydrogen-bond donors (Lipinski definition) is 1. The Bertz CT molecular complexity index is 1160. The van der Waals surface area contributed by atoms with Gasteiger partial charge in [-0.15, -0.1) is 5.10 Å². The van der Waals surface area contributed by atoms with E-state index >= 15 is 0 Å². The van der Waals surface area contributed by atoms with E-state index in [1.807, 2.05) is 53.6 Å². The molecule has 27 heavy (non-hydrogen) atoms. The van der Waals surface area contributed by atoms with E-state index in [-0.39, 0.29) is 0 Å². The summed E-state index contributed by atoms with van der Waals surface area (Å²) < 4.78 is 3.88. The maximum atomic E-state index is 4.81. The number of imidazole rings is 1. The summed E-state index contributed by atoms with van der Waals surface area (Å²) in [7, 11) is 1.99. The minimum Gasteiger partial charge on any atom is -0.350 e. The van der Waals surface area contributed by atoms with Crippen LogP contribution in [0.1, 0.15) is 32.5 Å². The number of pyridine rings is 1. The van der Waals surface area contributed by atoms with Gasteiger partial charge in [0.1, 0.15) is 11.3 Å². The fourth-order valence-electron chi connectivity index (χ4n) is 4.07. The third-order valence-corrected chi connectivity index (χ3v) is 5.56. The molecule has 0 saturated heterocycles. The topological polar surface area (TPSA) is 72.9 Å². The molecule has 0 atom stereocenters. The Morgan fingerprint density at radius 2 is 1.96 bits per heavy atom. The Morgan fingerprint density at radius 3 is 2.74 bits per heavy atom. The fraction of sp³-hybridized carbons (Fsp3) is 0.400. The molecule has 7 heteroatoms. The Balaban J connectivity index is 1.48. The van der Waals surface area contributed by atoms with E-state index in [0.29, 0.717) is 17.4 Å². The van der Waals surface area contributed by atoms with Crippen LogP contribution in [0.15, 0.2) is 30.6 Å². The number of aryl methyl sites for hydroxylation is 2. The maximum absolute atomic E-state index is 4.81. The molecule has 138 valence electrons. The number of fused-ring (bicyclic) bond motifs is 2. The van der Waals surface area contributed by atoms with Gasteiger partial charge in [0.15, 0.2) is 5.65 Å². The number of nitrogens with zero attached hydrogens (tertiary/aromatic N) is 6. The number of rotatable bonds is 3. The van der Waals surface area contributed by atoms with Crippen LogP contribution < -0.4 is 5.32 Å². The number of hydrogen-bond acceptors (Lipinski definition) is 5. The molecule has 7 nitrogen and oxygen atoms in total. The molecule has 4 aromatic rings. The van der Waals surface area contributed by atoms with E-state index in [0.717, 1.165) is 46.6 Å². The van der Waals surface area contributed by atoms with Gasteiger partial charge in [-0.05, 0) is 43.4 Å². The maximum Gasteiger partial charge on any atom is 0.241 e. The Hall–Kier alpha value is -2.96. The van der Waals surface area contributed by atoms with E-state index in [4.69, 9.17) is 4.98 Å². The lowest BCUT2D eigenvalue weighted by Gasteiger charge is -2.42. The van der Waals surface area contributed by atoms with E-state index in [9.17, 15) is 0 Å². The summed E-state index contributed by atoms with van der Waals surface area (Å²) in [5.41, 5.74) is 5.09. The zero-order valence-corrected chi connectivity index (χ0v) is 16.1. The second kappa shape index (κ2) is 5.52. The molecule has 1 N–H and O–H groups in total. The van der Waals surface area contributed by atoms with Crippen LogP contribution >= 0.6 is 0 Å². The quantitative estimate of drug-likeness (QED) is 0.604. The summed E-state index contributed by atoms with van der Waals surface area (Å²) in [6, 6.07) is 6.53. The van der Waals surface area contributed by atoms with Crippen molar-refractivity contribution in [2.75, 3.05) is 5.32 Å². The summed E-state index contributed by atoms with van der Waals surface area (Å²) >= 11 is 0. The lowest BCUT2D eigenvalue weighted by Crippen LogP contribution is -2.41. The van der Waals surface area contributed by atoms with Gasteiger partial charge in [0, 0.05) is 24.8 Å². The van der Waals surface area contributed by atoms with Crippen molar-refractivity contribution >= 4 is 22.6 Å². The molecule has 0 bridgehead atoms. The molecule has 0 radical (unpaired) electrons. The van der Waals surface area contributed by atoms with Gasteiger partial charge >= 0.3 is 0 Å². The van der Waals surface area contributed by atoms with Gasteiger partial charge in [-0.1, -0.05) is 13.8 Å². The molecule has 0 aliphatic heterocycles. The molecule has 0 amide bonds. The summed E-state index contributed by atoms with van der Waals surface area (Å²) in [6.07, 6.45) is 6.14. The van der Waals surface area contributed by atoms with Gasteiger partial charge in [0.05, 0.1) is 17.4 Å². The summed E-state index contributed by atoms with van der Waals surface area (Å²) in [5, 5.41) is 8.06. The van der Waals surface area contributed by atoms with Crippen LogP contribution in [0.5, 0.6) is 0 Å². The van der Waals surface area contributed by atoms with Crippen molar-refractivity contribution in [3.8, 4) is 11.3 Å². The van der Waals surface area contributed by atoms with Crippen molar-refractivity contribution < 1.29 is 0 Å². The molecule has 0 unspecified atom stereocenters. The van der Waals surface area contributed by atoms with Crippen LogP contribution in [0.25, 0.3) is 27.9 Å². The molecule has 1 fully saturated rings. The number of anilines is 1. The van der Waals surface area contributed by atoms with Crippen molar-refractivity contribution in [2.45, 2.75) is 39.7 Å². The summed E-state index contributed by atoms with van der Waals surface area (Å²) in [6.45, 7) is 6.57. The number of nitrogens with one attached hydrogen (secondary N) is 1. The monoisotopic (exact) mass is 361 g/mol. The highest BCUT2D eigenvalue weighted by molar-refractivity contribution is 5.82. The first kappa shape index (κ1) is 16.2. The standard InChI is InChI=1S/C20H23N7/c1-12-22-16-6-5-15(24-18(16)26(12)4)14-7-8-27-17(14)11-21-19(25-27)23-13-9-20(2,3)10-13/h5-8,11,13H,9-10H2,1-4H3,(H,23,25). The van der Waals surface area contributed by atoms with Gasteiger partial charge in [-0.2, -0.15) is 0 Å². The van der Waals surface area contributed by atoms with E-state index < -0.39 is 0 Å². The average molecular weight is 361 g/mol. The molecule has 0 spiro atoms. The van der Waals surface area contributed by atoms with Crippen molar-refractivity contribution in [1.29, 1.82) is 0 Å². The van der Waals surface area contributed by atoms with Crippen LogP contribution in [0, 0.1) is 12.3 Å². The summed E-state index contributed by atoms with van der Waals surface area (Å²) in [4.78, 5) is 13.9. The third kappa shape index (κ3) is 2.65. The molecule has 1 aliphatic carbocycles. The molecule has 4 heterocycles. The molecule has 1 aliphatic rings. The van der Waals surface area contributed by atoms with E-state index in [2.05, 4.69) is 34.2 Å². The van der Waals surface area contributed by atoms with Crippen molar-refractivity contribution in [3.05, 3.63) is 36.4 Å². The van der Waals surface area contributed by atoms with Crippen molar-refractivity contribution in [3.63, 3.8) is 0 Å². The van der Waals surface area contributed by atoms with E-state index in [1.165, 1.54) is 0 Å². The van der Waals surface area contributed by atoms with Gasteiger partial charge in [-0.3, -0.25) is 0 Å². The van der Waals surface area contributed by atoms with Crippen LogP contribution in [0.4, 0.5) is 5.95 Å². The zero-order valence-electron chi connectivity index (χ0n) is 16.1. The van der Waals surface area contributed by atoms with Gasteiger partial charge in [0.2, 0.25) is 5.95 Å². The Kier molecular flexibility index (Phi) is 3.32. The second-order valence-electron chi connectivity index (χ2n) is 8.31. The van der Waals surface area contributed by atoms with Gasteiger partial charge < -0.3 is 9.88 Å². The second-order valence-corrected chi connectivity index (χ2v) is 8.31. The first-order valence-electron chi connectivity index (χ1n) is 9.31. The minimum atomic E-state index is 0.427. The van der Waals surface area contributed by atoms with Crippen LogP contribution in [0.2, 0.25) is 0 Å². The lowest BCUT2D eigenvalue weighted by molar-refractivity contribution is 0.167. The lowest BCUT2D eigenvalue weighted by atomic mass is 9.68. The molecular formula is C20H23N7. The third-order valence-electron chi connectivity index (χ3n) is 5.56. The van der Waals surface area contributed by atoms with Crippen molar-refractivity contribution in [1.82, 2.24) is 29.1 Å². The zero-order chi connectivity index (χ0) is 18.8. The summed E-state index contributed by atoms with van der Waals surface area (Å²) in [5.74, 6) is 1.63. The molecule has 1 saturated carbocycles. The Morgan fingerprint density at radius 1 is 1.15 bits per heavy atom. The van der Waals surface area contributed by atoms with Crippen LogP contribution in [-0.2, 0) is 7.05 Å². The van der Waals surface area contributed by atoms with E-state index in [1.54, 1.807) is 0 Å². The van der Waals surface area contributed by atoms with Gasteiger partial charge in [-0.25, -0.2) is 19.5 Å². The number of aromatic nitrogens is 6. The molecule has 0 aromatic carbocycles. The highest BCUT2D eigenvalue weighted by Crippen LogP contribution is 2.41. The smallest absolute Gasteiger partial charge is 0.241 e. The highest BCUT2D eigenvalue weighted by atomic mass is 15.3. The van der Waals surface area contributed by atoms with Crippen LogP contribution in [0.3, 0.4) is 0 Å². The average Bonchev–Trinajstić information content (AvgIpc) is 3.14. The fourth-order valence-corrected chi connectivity index (χ4v) is 4.07. The highest BCUT2D eigenvalue weighted by Gasteiger charge is 2.36. The van der Waals surface area contributed by atoms with Crippen molar-refractivity contribution in [2.24, 2.45) is 12.5 Å². The molecule has 5 rings (SSSR count). The predicted octanol–water partition coefficient (Wildman–Crippen LogP) is 3.59. The normalized spacial score (nSPS) is 16.7.